The molecule has 2 N–H and O–H groups in total. The summed E-state index contributed by atoms with van der Waals surface area (Å²) in [6.07, 6.45) is 1.69. The Balaban J connectivity index is 1.88. The zero-order valence-electron chi connectivity index (χ0n) is 13.3. The summed E-state index contributed by atoms with van der Waals surface area (Å²) in [7, 11) is 0. The molecule has 1 aromatic heterocycles. The second-order valence-corrected chi connectivity index (χ2v) is 5.97. The zero-order chi connectivity index (χ0) is 16.7. The van der Waals surface area contributed by atoms with E-state index in [1.165, 1.54) is 0 Å². The van der Waals surface area contributed by atoms with Crippen molar-refractivity contribution in [3.8, 4) is 5.75 Å². The highest BCUT2D eigenvalue weighted by molar-refractivity contribution is 7.09. The van der Waals surface area contributed by atoms with Crippen LogP contribution in [0.25, 0.3) is 0 Å². The van der Waals surface area contributed by atoms with Gasteiger partial charge in [-0.15, -0.1) is 11.3 Å². The first-order chi connectivity index (χ1) is 11.1. The third kappa shape index (κ3) is 5.10. The van der Waals surface area contributed by atoms with Crippen LogP contribution in [0.5, 0.6) is 5.75 Å². The van der Waals surface area contributed by atoms with E-state index in [4.69, 9.17) is 4.74 Å². The third-order valence-corrected chi connectivity index (χ3v) is 4.27. The molecule has 1 aromatic carbocycles. The predicted molar refractivity (Wildman–Crippen MR) is 92.8 cm³/mol. The minimum absolute atomic E-state index is 0.124. The first-order valence-electron chi connectivity index (χ1n) is 7.38. The van der Waals surface area contributed by atoms with Crippen molar-refractivity contribution in [2.24, 2.45) is 0 Å². The summed E-state index contributed by atoms with van der Waals surface area (Å²) < 4.78 is 5.57. The summed E-state index contributed by atoms with van der Waals surface area (Å²) in [4.78, 5) is 16.4. The number of ether oxygens (including phenoxy) is 1. The standard InChI is InChI=1S/C17H21N3O2S/c1-4-9-22-15-8-6-5-7-14(15)10-18-17(21)20-13(3)16-19-12(2)11-23-16/h4-8,11,13H,1,9-10H2,2-3H3,(H2,18,20,21). The van der Waals surface area contributed by atoms with Gasteiger partial charge in [0.25, 0.3) is 0 Å². The van der Waals surface area contributed by atoms with Crippen LogP contribution in [0, 0.1) is 6.92 Å². The molecule has 122 valence electrons. The molecule has 0 aliphatic rings. The molecule has 6 heteroatoms. The molecule has 0 saturated carbocycles. The van der Waals surface area contributed by atoms with E-state index >= 15 is 0 Å². The van der Waals surface area contributed by atoms with Gasteiger partial charge in [0.05, 0.1) is 6.04 Å². The van der Waals surface area contributed by atoms with E-state index in [1.54, 1.807) is 17.4 Å². The Morgan fingerprint density at radius 2 is 2.26 bits per heavy atom. The second-order valence-electron chi connectivity index (χ2n) is 5.08. The fourth-order valence-corrected chi connectivity index (χ4v) is 2.80. The largest absolute Gasteiger partial charge is 0.489 e. The molecule has 0 bridgehead atoms. The number of benzene rings is 1. The normalized spacial score (nSPS) is 11.6. The van der Waals surface area contributed by atoms with Crippen LogP contribution in [0.4, 0.5) is 4.79 Å². The lowest BCUT2D eigenvalue weighted by Crippen LogP contribution is -2.36. The zero-order valence-corrected chi connectivity index (χ0v) is 14.2. The van der Waals surface area contributed by atoms with Crippen molar-refractivity contribution in [1.29, 1.82) is 0 Å². The highest BCUT2D eigenvalue weighted by Crippen LogP contribution is 2.18. The van der Waals surface area contributed by atoms with E-state index < -0.39 is 0 Å². The molecule has 1 unspecified atom stereocenters. The van der Waals surface area contributed by atoms with Gasteiger partial charge in [-0.05, 0) is 19.9 Å². The van der Waals surface area contributed by atoms with Gasteiger partial charge in [-0.3, -0.25) is 0 Å². The van der Waals surface area contributed by atoms with E-state index in [0.717, 1.165) is 22.0 Å². The van der Waals surface area contributed by atoms with Crippen LogP contribution in [0.1, 0.15) is 29.2 Å². The maximum absolute atomic E-state index is 12.0. The number of amides is 2. The molecule has 0 saturated heterocycles. The first kappa shape index (κ1) is 17.0. The topological polar surface area (TPSA) is 63.2 Å². The van der Waals surface area contributed by atoms with Gasteiger partial charge >= 0.3 is 6.03 Å². The van der Waals surface area contributed by atoms with Gasteiger partial charge in [0, 0.05) is 23.2 Å². The number of thiazole rings is 1. The number of aromatic nitrogens is 1. The number of aryl methyl sites for hydroxylation is 1. The summed E-state index contributed by atoms with van der Waals surface area (Å²) in [5, 5.41) is 8.59. The molecule has 0 fully saturated rings. The predicted octanol–water partition coefficient (Wildman–Crippen LogP) is 3.58. The number of urea groups is 1. The fourth-order valence-electron chi connectivity index (χ4n) is 2.00. The van der Waals surface area contributed by atoms with E-state index in [1.807, 2.05) is 43.5 Å². The van der Waals surface area contributed by atoms with Gasteiger partial charge in [0.15, 0.2) is 0 Å². The van der Waals surface area contributed by atoms with E-state index in [9.17, 15) is 4.79 Å². The molecule has 0 aliphatic carbocycles. The SMILES string of the molecule is C=CCOc1ccccc1CNC(=O)NC(C)c1nc(C)cs1. The number of rotatable bonds is 7. The van der Waals surface area contributed by atoms with Gasteiger partial charge in [0.2, 0.25) is 0 Å². The third-order valence-electron chi connectivity index (χ3n) is 3.12. The summed E-state index contributed by atoms with van der Waals surface area (Å²) in [6.45, 7) is 8.31. The maximum atomic E-state index is 12.0. The lowest BCUT2D eigenvalue weighted by Gasteiger charge is -2.14. The molecular formula is C17H21N3O2S. The van der Waals surface area contributed by atoms with Gasteiger partial charge in [0.1, 0.15) is 17.4 Å². The number of nitrogens with zero attached hydrogens (tertiary/aromatic N) is 1. The Labute approximate surface area is 140 Å². The summed E-state index contributed by atoms with van der Waals surface area (Å²) >= 11 is 1.54. The summed E-state index contributed by atoms with van der Waals surface area (Å²) in [6, 6.07) is 7.25. The fraction of sp³-hybridized carbons (Fsp3) is 0.294. The van der Waals surface area contributed by atoms with Crippen LogP contribution in [0.2, 0.25) is 0 Å². The molecule has 0 aliphatic heterocycles. The van der Waals surface area contributed by atoms with Gasteiger partial charge in [-0.1, -0.05) is 30.9 Å². The Hall–Kier alpha value is -2.34. The number of para-hydroxylation sites is 1. The first-order valence-corrected chi connectivity index (χ1v) is 8.26. The Morgan fingerprint density at radius 3 is 2.96 bits per heavy atom. The van der Waals surface area contributed by atoms with Crippen LogP contribution in [0.3, 0.4) is 0 Å². The minimum Gasteiger partial charge on any atom is -0.489 e. The maximum Gasteiger partial charge on any atom is 0.315 e. The van der Waals surface area contributed by atoms with Gasteiger partial charge in [-0.2, -0.15) is 0 Å². The van der Waals surface area contributed by atoms with Crippen molar-refractivity contribution >= 4 is 17.4 Å². The number of carbonyl (C=O) groups excluding carboxylic acids is 1. The highest BCUT2D eigenvalue weighted by atomic mass is 32.1. The van der Waals surface area contributed by atoms with E-state index in [2.05, 4.69) is 22.2 Å². The number of hydrogen-bond acceptors (Lipinski definition) is 4. The summed E-state index contributed by atoms with van der Waals surface area (Å²) in [5.41, 5.74) is 1.88. The van der Waals surface area contributed by atoms with Crippen molar-refractivity contribution in [2.45, 2.75) is 26.4 Å². The number of nitrogens with one attached hydrogen (secondary N) is 2. The smallest absolute Gasteiger partial charge is 0.315 e. The van der Waals surface area contributed by atoms with E-state index in [-0.39, 0.29) is 12.1 Å². The Bertz CT molecular complexity index is 669. The molecule has 2 amide bonds. The molecule has 5 nitrogen and oxygen atoms in total. The average molecular weight is 331 g/mol. The molecule has 23 heavy (non-hydrogen) atoms. The molecule has 2 rings (SSSR count). The van der Waals surface area contributed by atoms with Crippen molar-refractivity contribution < 1.29 is 9.53 Å². The second kappa shape index (κ2) is 8.33. The Morgan fingerprint density at radius 1 is 1.48 bits per heavy atom. The quantitative estimate of drug-likeness (QED) is 0.762. The van der Waals surface area contributed by atoms with Crippen LogP contribution in [-0.4, -0.2) is 17.6 Å². The van der Waals surface area contributed by atoms with Crippen LogP contribution in [0.15, 0.2) is 42.3 Å². The molecule has 2 aromatic rings. The van der Waals surface area contributed by atoms with E-state index in [0.29, 0.717) is 13.2 Å². The van der Waals surface area contributed by atoms with Gasteiger partial charge in [-0.25, -0.2) is 9.78 Å². The van der Waals surface area contributed by atoms with Crippen molar-refractivity contribution in [2.75, 3.05) is 6.61 Å². The van der Waals surface area contributed by atoms with Crippen LogP contribution < -0.4 is 15.4 Å². The van der Waals surface area contributed by atoms with Crippen molar-refractivity contribution in [3.05, 3.63) is 58.6 Å². The lowest BCUT2D eigenvalue weighted by molar-refractivity contribution is 0.237. The summed E-state index contributed by atoms with van der Waals surface area (Å²) in [5.74, 6) is 0.747. The molecule has 1 atom stereocenters. The van der Waals surface area contributed by atoms with Crippen molar-refractivity contribution in [1.82, 2.24) is 15.6 Å². The monoisotopic (exact) mass is 331 g/mol. The van der Waals surface area contributed by atoms with Crippen molar-refractivity contribution in [3.63, 3.8) is 0 Å². The average Bonchev–Trinajstić information content (AvgIpc) is 2.98. The molecular weight excluding hydrogens is 310 g/mol. The molecule has 0 spiro atoms. The highest BCUT2D eigenvalue weighted by Gasteiger charge is 2.12. The van der Waals surface area contributed by atoms with Gasteiger partial charge < -0.3 is 15.4 Å². The van der Waals surface area contributed by atoms with Crippen LogP contribution in [-0.2, 0) is 6.54 Å². The number of hydrogen-bond donors (Lipinski definition) is 2. The Kier molecular flexibility index (Phi) is 6.17. The molecule has 1 heterocycles. The lowest BCUT2D eigenvalue weighted by atomic mass is 10.2. The minimum atomic E-state index is -0.233. The van der Waals surface area contributed by atoms with Crippen LogP contribution >= 0.6 is 11.3 Å². The molecule has 0 radical (unpaired) electrons. The number of carbonyl (C=O) groups is 1.